The number of hydrogen-bond donors (Lipinski definition) is 1. The second kappa shape index (κ2) is 2.96. The lowest BCUT2D eigenvalue weighted by molar-refractivity contribution is 0.208. The van der Waals surface area contributed by atoms with Crippen LogP contribution in [-0.4, -0.2) is 5.71 Å². The van der Waals surface area contributed by atoms with Gasteiger partial charge in [0.1, 0.15) is 0 Å². The Labute approximate surface area is 69.7 Å². The highest BCUT2D eigenvalue weighted by Gasteiger charge is 2.27. The van der Waals surface area contributed by atoms with Gasteiger partial charge in [-0.15, -0.1) is 0 Å². The zero-order valence-corrected chi connectivity index (χ0v) is 7.91. The van der Waals surface area contributed by atoms with Crippen LogP contribution in [0.2, 0.25) is 0 Å². The topological polar surface area (TPSA) is 23.9 Å². The van der Waals surface area contributed by atoms with Crippen molar-refractivity contribution in [3.05, 3.63) is 0 Å². The molecule has 0 aromatic heterocycles. The highest BCUT2D eigenvalue weighted by molar-refractivity contribution is 5.81. The zero-order valence-electron chi connectivity index (χ0n) is 7.91. The highest BCUT2D eigenvalue weighted by atomic mass is 14.4. The number of rotatable bonds is 0. The van der Waals surface area contributed by atoms with E-state index >= 15 is 0 Å². The van der Waals surface area contributed by atoms with Crippen LogP contribution >= 0.6 is 0 Å². The van der Waals surface area contributed by atoms with E-state index in [2.05, 4.69) is 20.8 Å². The van der Waals surface area contributed by atoms with Gasteiger partial charge < -0.3 is 5.41 Å². The third-order valence-corrected chi connectivity index (χ3v) is 2.81. The first-order valence-electron chi connectivity index (χ1n) is 4.56. The van der Waals surface area contributed by atoms with Gasteiger partial charge in [0.2, 0.25) is 0 Å². The average Bonchev–Trinajstić information content (AvgIpc) is 1.86. The van der Waals surface area contributed by atoms with Crippen molar-refractivity contribution < 1.29 is 0 Å². The Balaban J connectivity index is 2.45. The molecule has 0 bridgehead atoms. The van der Waals surface area contributed by atoms with Gasteiger partial charge in [0, 0.05) is 5.71 Å². The van der Waals surface area contributed by atoms with Crippen LogP contribution < -0.4 is 0 Å². The minimum absolute atomic E-state index is 0.459. The largest absolute Gasteiger partial charge is 0.310 e. The molecule has 0 heterocycles. The van der Waals surface area contributed by atoms with Gasteiger partial charge in [-0.1, -0.05) is 20.8 Å². The molecule has 1 aliphatic carbocycles. The maximum Gasteiger partial charge on any atom is 0.00893 e. The van der Waals surface area contributed by atoms with Crippen molar-refractivity contribution in [2.75, 3.05) is 0 Å². The van der Waals surface area contributed by atoms with Crippen LogP contribution in [0.1, 0.15) is 46.5 Å². The van der Waals surface area contributed by atoms with Crippen LogP contribution in [0.4, 0.5) is 0 Å². The molecule has 1 rings (SSSR count). The van der Waals surface area contributed by atoms with Crippen molar-refractivity contribution in [3.63, 3.8) is 0 Å². The van der Waals surface area contributed by atoms with E-state index in [1.54, 1.807) is 0 Å². The van der Waals surface area contributed by atoms with Gasteiger partial charge in [-0.25, -0.2) is 0 Å². The van der Waals surface area contributed by atoms with Gasteiger partial charge in [0.25, 0.3) is 0 Å². The molecular weight excluding hydrogens is 134 g/mol. The Morgan fingerprint density at radius 1 is 1.18 bits per heavy atom. The fraction of sp³-hybridized carbons (Fsp3) is 0.900. The van der Waals surface area contributed by atoms with Crippen molar-refractivity contribution in [2.45, 2.75) is 46.5 Å². The average molecular weight is 153 g/mol. The SMILES string of the molecule is CC(C)(C)C1CCC(=N)CC1. The van der Waals surface area contributed by atoms with E-state index in [0.717, 1.165) is 24.5 Å². The third kappa shape index (κ3) is 2.32. The monoisotopic (exact) mass is 153 g/mol. The Kier molecular flexibility index (Phi) is 2.36. The molecule has 1 heteroatoms. The maximum absolute atomic E-state index is 7.48. The Hall–Kier alpha value is -0.330. The molecule has 0 atom stereocenters. The van der Waals surface area contributed by atoms with E-state index in [1.165, 1.54) is 12.8 Å². The standard InChI is InChI=1S/C10H19N/c1-10(2,3)8-4-6-9(11)7-5-8/h8,11H,4-7H2,1-3H3. The van der Waals surface area contributed by atoms with Gasteiger partial charge >= 0.3 is 0 Å². The first-order valence-corrected chi connectivity index (χ1v) is 4.56. The van der Waals surface area contributed by atoms with Crippen LogP contribution in [0, 0.1) is 16.7 Å². The molecule has 11 heavy (non-hydrogen) atoms. The number of nitrogens with one attached hydrogen (secondary N) is 1. The van der Waals surface area contributed by atoms with Crippen molar-refractivity contribution in [1.29, 1.82) is 5.41 Å². The first-order chi connectivity index (χ1) is 5.00. The summed E-state index contributed by atoms with van der Waals surface area (Å²) in [4.78, 5) is 0. The molecule has 1 N–H and O–H groups in total. The Morgan fingerprint density at radius 3 is 2.00 bits per heavy atom. The van der Waals surface area contributed by atoms with Crippen molar-refractivity contribution in [3.8, 4) is 0 Å². The maximum atomic E-state index is 7.48. The molecule has 0 aliphatic heterocycles. The van der Waals surface area contributed by atoms with Gasteiger partial charge in [0.05, 0.1) is 0 Å². The smallest absolute Gasteiger partial charge is 0.00893 e. The van der Waals surface area contributed by atoms with E-state index < -0.39 is 0 Å². The lowest BCUT2D eigenvalue weighted by Gasteiger charge is -2.33. The van der Waals surface area contributed by atoms with E-state index in [0.29, 0.717) is 5.41 Å². The quantitative estimate of drug-likeness (QED) is 0.552. The molecule has 0 aromatic carbocycles. The van der Waals surface area contributed by atoms with Crippen molar-refractivity contribution in [1.82, 2.24) is 0 Å². The predicted molar refractivity (Wildman–Crippen MR) is 49.1 cm³/mol. The Bertz CT molecular complexity index is 143. The minimum atomic E-state index is 0.459. The summed E-state index contributed by atoms with van der Waals surface area (Å²) in [5.74, 6) is 0.844. The van der Waals surface area contributed by atoms with Gasteiger partial charge in [-0.05, 0) is 37.0 Å². The van der Waals surface area contributed by atoms with Crippen LogP contribution in [0.5, 0.6) is 0 Å². The van der Waals surface area contributed by atoms with Crippen LogP contribution in [0.3, 0.4) is 0 Å². The fourth-order valence-corrected chi connectivity index (χ4v) is 1.83. The number of hydrogen-bond acceptors (Lipinski definition) is 1. The fourth-order valence-electron chi connectivity index (χ4n) is 1.83. The lowest BCUT2D eigenvalue weighted by atomic mass is 9.72. The molecule has 0 unspecified atom stereocenters. The molecule has 1 saturated carbocycles. The molecule has 1 fully saturated rings. The second-order valence-electron chi connectivity index (χ2n) is 4.74. The molecule has 0 saturated heterocycles. The van der Waals surface area contributed by atoms with E-state index in [1.807, 2.05) is 0 Å². The summed E-state index contributed by atoms with van der Waals surface area (Å²) >= 11 is 0. The van der Waals surface area contributed by atoms with Gasteiger partial charge in [0.15, 0.2) is 0 Å². The molecule has 64 valence electrons. The summed E-state index contributed by atoms with van der Waals surface area (Å²) in [6.07, 6.45) is 4.56. The zero-order chi connectivity index (χ0) is 8.48. The summed E-state index contributed by atoms with van der Waals surface area (Å²) in [6.45, 7) is 6.94. The predicted octanol–water partition coefficient (Wildman–Crippen LogP) is 3.24. The highest BCUT2D eigenvalue weighted by Crippen LogP contribution is 2.36. The summed E-state index contributed by atoms with van der Waals surface area (Å²) in [7, 11) is 0. The molecular formula is C10H19N. The van der Waals surface area contributed by atoms with Crippen LogP contribution in [0.25, 0.3) is 0 Å². The summed E-state index contributed by atoms with van der Waals surface area (Å²) in [5, 5.41) is 7.48. The first kappa shape index (κ1) is 8.76. The van der Waals surface area contributed by atoms with Gasteiger partial charge in [-0.3, -0.25) is 0 Å². The summed E-state index contributed by atoms with van der Waals surface area (Å²) < 4.78 is 0. The molecule has 1 nitrogen and oxygen atoms in total. The lowest BCUT2D eigenvalue weighted by Crippen LogP contribution is -2.25. The van der Waals surface area contributed by atoms with E-state index in [4.69, 9.17) is 5.41 Å². The minimum Gasteiger partial charge on any atom is -0.310 e. The molecule has 0 aromatic rings. The molecule has 1 aliphatic rings. The van der Waals surface area contributed by atoms with Crippen molar-refractivity contribution >= 4 is 5.71 Å². The van der Waals surface area contributed by atoms with Crippen LogP contribution in [0.15, 0.2) is 0 Å². The summed E-state index contributed by atoms with van der Waals surface area (Å²) in [6, 6.07) is 0. The van der Waals surface area contributed by atoms with E-state index in [9.17, 15) is 0 Å². The van der Waals surface area contributed by atoms with Gasteiger partial charge in [-0.2, -0.15) is 0 Å². The summed E-state index contributed by atoms with van der Waals surface area (Å²) in [5.41, 5.74) is 1.42. The molecule has 0 radical (unpaired) electrons. The third-order valence-electron chi connectivity index (χ3n) is 2.81. The molecule has 0 amide bonds. The van der Waals surface area contributed by atoms with E-state index in [-0.39, 0.29) is 0 Å². The Morgan fingerprint density at radius 2 is 1.64 bits per heavy atom. The molecule has 0 spiro atoms. The van der Waals surface area contributed by atoms with Crippen molar-refractivity contribution in [2.24, 2.45) is 11.3 Å². The van der Waals surface area contributed by atoms with Crippen LogP contribution in [-0.2, 0) is 0 Å². The normalized spacial score (nSPS) is 27.2. The second-order valence-corrected chi connectivity index (χ2v) is 4.74.